The number of alkyl carbamates (subject to hydrolysis) is 2. The SMILES string of the molecule is Br.COC(=O)N[C@@H](Cc1ccccc1)C(=O)N[C@H](Cc1ccc([N+](=O)[O-])cc1)c1csc(-c2cccs2)n1.COC(=O)N[C@@H](Cc1ccccc1)C(=O)O.N[C@H](Cc1ccc([N+](=O)[O-])cc1)c1csc(-c2cccs2)n1. The molecule has 19 nitrogen and oxygen atoms in total. The number of carboxylic acid groups (broad SMARTS) is 1. The highest BCUT2D eigenvalue weighted by Gasteiger charge is 2.27. The first-order valence-corrected chi connectivity index (χ1v) is 26.2. The molecule has 4 aromatic heterocycles. The zero-order valence-electron chi connectivity index (χ0n) is 40.6. The van der Waals surface area contributed by atoms with E-state index in [0.717, 1.165) is 47.7 Å². The number of aliphatic carboxylic acids is 1. The number of hydrogen-bond acceptors (Lipinski definition) is 17. The number of thiazole rings is 2. The molecule has 0 aliphatic heterocycles. The van der Waals surface area contributed by atoms with Crippen molar-refractivity contribution >= 4 is 97.8 Å². The maximum Gasteiger partial charge on any atom is 0.407 e. The van der Waals surface area contributed by atoms with Gasteiger partial charge in [-0.05, 0) is 58.0 Å². The first kappa shape index (κ1) is 59.1. The number of aromatic nitrogens is 2. The first-order chi connectivity index (χ1) is 36.2. The Hall–Kier alpha value is -7.74. The maximum atomic E-state index is 13.5. The predicted octanol–water partition coefficient (Wildman–Crippen LogP) is 10.8. The second-order valence-corrected chi connectivity index (χ2v) is 19.7. The average Bonchev–Trinajstić information content (AvgIpc) is 4.29. The number of nitrogens with zero attached hydrogens (tertiary/aromatic N) is 4. The van der Waals surface area contributed by atoms with E-state index >= 15 is 0 Å². The van der Waals surface area contributed by atoms with Crippen LogP contribution in [0.2, 0.25) is 0 Å². The standard InChI is InChI=1S/C26H24N4O5S2.C15H13N3O2S2.C11H13NO4.BrH/c1-35-26(32)29-21(15-17-6-3-2-4-7-17)24(31)27-20(14-18-9-11-19(12-10-18)30(33)34)22-16-37-25(28-22)23-8-5-13-36-23;16-12(8-10-3-5-11(6-4-10)18(19)20)13-9-22-15(17-13)14-2-1-7-21-14;1-16-11(15)12-9(10(13)14)7-8-5-3-2-4-6-8;/h2-13,16,20-21H,14-15H2,1H3,(H,27,31)(H,29,32);1-7,9,12H,8,16H2;2-6,9H,7H2,1H3,(H,12,15)(H,13,14);1H/t20-,21+;12-;9-;/m110./s1. The van der Waals surface area contributed by atoms with Crippen LogP contribution in [-0.2, 0) is 44.7 Å². The Morgan fingerprint density at radius 2 is 0.987 bits per heavy atom. The molecular formula is C52H51BrN8O11S4. The average molecular weight is 1170 g/mol. The molecule has 24 heteroatoms. The van der Waals surface area contributed by atoms with Crippen molar-refractivity contribution in [3.8, 4) is 19.8 Å². The number of nitro benzene ring substituents is 2. The molecule has 0 unspecified atom stereocenters. The fourth-order valence-electron chi connectivity index (χ4n) is 7.04. The molecule has 0 saturated heterocycles. The predicted molar refractivity (Wildman–Crippen MR) is 299 cm³/mol. The molecule has 0 fully saturated rings. The summed E-state index contributed by atoms with van der Waals surface area (Å²) in [5.74, 6) is -1.49. The summed E-state index contributed by atoms with van der Waals surface area (Å²) >= 11 is 6.28. The van der Waals surface area contributed by atoms with Crippen LogP contribution < -0.4 is 21.7 Å². The number of methoxy groups -OCH3 is 2. The summed E-state index contributed by atoms with van der Waals surface area (Å²) in [5, 5.41) is 48.2. The van der Waals surface area contributed by atoms with Crippen molar-refractivity contribution in [2.24, 2.45) is 5.73 Å². The normalized spacial score (nSPS) is 12.0. The van der Waals surface area contributed by atoms with Crippen LogP contribution in [0, 0.1) is 20.2 Å². The number of nitrogens with two attached hydrogens (primary N) is 1. The minimum absolute atomic E-state index is 0. The summed E-state index contributed by atoms with van der Waals surface area (Å²) in [5.41, 5.74) is 11.3. The first-order valence-electron chi connectivity index (χ1n) is 22.7. The van der Waals surface area contributed by atoms with Gasteiger partial charge in [0.1, 0.15) is 22.1 Å². The minimum Gasteiger partial charge on any atom is -0.480 e. The molecule has 4 aromatic carbocycles. The van der Waals surface area contributed by atoms with E-state index in [9.17, 15) is 39.4 Å². The second kappa shape index (κ2) is 30.0. The van der Waals surface area contributed by atoms with Crippen molar-refractivity contribution in [1.82, 2.24) is 25.9 Å². The molecule has 3 amide bonds. The van der Waals surface area contributed by atoms with Gasteiger partial charge in [-0.3, -0.25) is 25.0 Å². The molecule has 396 valence electrons. The Kier molecular flexibility index (Phi) is 23.3. The van der Waals surface area contributed by atoms with Crippen molar-refractivity contribution in [3.63, 3.8) is 0 Å². The van der Waals surface area contributed by atoms with E-state index in [1.807, 2.05) is 94.3 Å². The fraction of sp³-hybridized carbons (Fsp3) is 0.192. The van der Waals surface area contributed by atoms with E-state index in [1.165, 1.54) is 49.8 Å². The maximum absolute atomic E-state index is 13.5. The third-order valence-corrected chi connectivity index (χ3v) is 14.7. The van der Waals surface area contributed by atoms with Gasteiger partial charge in [0, 0.05) is 47.9 Å². The molecule has 4 heterocycles. The van der Waals surface area contributed by atoms with Gasteiger partial charge < -0.3 is 36.3 Å². The highest BCUT2D eigenvalue weighted by molar-refractivity contribution is 8.93. The van der Waals surface area contributed by atoms with E-state index in [2.05, 4.69) is 25.7 Å². The molecule has 0 radical (unpaired) electrons. The Morgan fingerprint density at radius 1 is 0.566 bits per heavy atom. The lowest BCUT2D eigenvalue weighted by atomic mass is 10.0. The number of carbonyl (C=O) groups excluding carboxylic acids is 3. The topological polar surface area (TPSA) is 281 Å². The molecule has 8 aromatic rings. The van der Waals surface area contributed by atoms with Crippen molar-refractivity contribution < 1.29 is 43.6 Å². The number of benzene rings is 4. The minimum atomic E-state index is -1.09. The molecule has 4 atom stereocenters. The van der Waals surface area contributed by atoms with Gasteiger partial charge in [-0.2, -0.15) is 0 Å². The van der Waals surface area contributed by atoms with E-state index < -0.39 is 52.0 Å². The van der Waals surface area contributed by atoms with Gasteiger partial charge in [-0.1, -0.05) is 97.1 Å². The number of nitrogens with one attached hydrogen (secondary N) is 3. The van der Waals surface area contributed by atoms with Gasteiger partial charge in [0.25, 0.3) is 11.4 Å². The van der Waals surface area contributed by atoms with E-state index in [4.69, 9.17) is 20.6 Å². The molecular weight excluding hydrogens is 1120 g/mol. The largest absolute Gasteiger partial charge is 0.480 e. The molecule has 0 spiro atoms. The summed E-state index contributed by atoms with van der Waals surface area (Å²) in [6, 6.07) is 36.4. The lowest BCUT2D eigenvalue weighted by Gasteiger charge is -2.22. The molecule has 0 bridgehead atoms. The van der Waals surface area contributed by atoms with Crippen LogP contribution in [0.4, 0.5) is 21.0 Å². The number of rotatable bonds is 19. The molecule has 76 heavy (non-hydrogen) atoms. The lowest BCUT2D eigenvalue weighted by molar-refractivity contribution is -0.385. The van der Waals surface area contributed by atoms with Crippen molar-refractivity contribution in [2.45, 2.75) is 49.9 Å². The van der Waals surface area contributed by atoms with Crippen LogP contribution in [0.3, 0.4) is 0 Å². The highest BCUT2D eigenvalue weighted by Crippen LogP contribution is 2.32. The number of non-ortho nitro benzene ring substituents is 2. The molecule has 8 rings (SSSR count). The van der Waals surface area contributed by atoms with E-state index in [1.54, 1.807) is 70.4 Å². The number of carboxylic acids is 1. The molecule has 6 N–H and O–H groups in total. The summed E-state index contributed by atoms with van der Waals surface area (Å²) < 4.78 is 9.09. The third-order valence-electron chi connectivity index (χ3n) is 10.9. The summed E-state index contributed by atoms with van der Waals surface area (Å²) in [4.78, 5) is 79.6. The summed E-state index contributed by atoms with van der Waals surface area (Å²) in [6.45, 7) is 0. The zero-order valence-corrected chi connectivity index (χ0v) is 45.6. The third kappa shape index (κ3) is 18.3. The van der Waals surface area contributed by atoms with Gasteiger partial charge in [0.15, 0.2) is 0 Å². The van der Waals surface area contributed by atoms with Crippen LogP contribution in [0.1, 0.15) is 45.7 Å². The molecule has 0 aliphatic rings. The van der Waals surface area contributed by atoms with Crippen LogP contribution in [0.15, 0.2) is 155 Å². The second-order valence-electron chi connectivity index (χ2n) is 16.1. The van der Waals surface area contributed by atoms with Crippen LogP contribution in [-0.4, -0.2) is 75.3 Å². The number of hydrogen-bond donors (Lipinski definition) is 5. The number of thiophene rings is 2. The van der Waals surface area contributed by atoms with E-state index in [-0.39, 0.29) is 47.2 Å². The fourth-order valence-corrected chi connectivity index (χ4v) is 10.4. The number of halogens is 1. The van der Waals surface area contributed by atoms with E-state index in [0.29, 0.717) is 18.5 Å². The van der Waals surface area contributed by atoms with Crippen molar-refractivity contribution in [2.75, 3.05) is 14.2 Å². The van der Waals surface area contributed by atoms with Crippen LogP contribution in [0.5, 0.6) is 0 Å². The molecule has 0 aliphatic carbocycles. The Bertz CT molecular complexity index is 3090. The van der Waals surface area contributed by atoms with Gasteiger partial charge in [-0.15, -0.1) is 62.3 Å². The summed E-state index contributed by atoms with van der Waals surface area (Å²) in [6.07, 6.45) is -0.00593. The molecule has 0 saturated carbocycles. The van der Waals surface area contributed by atoms with Gasteiger partial charge in [0.2, 0.25) is 5.91 Å². The quantitative estimate of drug-likeness (QED) is 0.0372. The number of ether oxygens (including phenoxy) is 2. The lowest BCUT2D eigenvalue weighted by Crippen LogP contribution is -2.49. The smallest absolute Gasteiger partial charge is 0.407 e. The number of amides is 3. The van der Waals surface area contributed by atoms with Gasteiger partial charge in [0.05, 0.1) is 57.3 Å². The van der Waals surface area contributed by atoms with Crippen molar-refractivity contribution in [3.05, 3.63) is 209 Å². The van der Waals surface area contributed by atoms with Gasteiger partial charge >= 0.3 is 18.2 Å². The van der Waals surface area contributed by atoms with Crippen molar-refractivity contribution in [1.29, 1.82) is 0 Å². The monoisotopic (exact) mass is 1170 g/mol. The number of nitro groups is 2. The summed E-state index contributed by atoms with van der Waals surface area (Å²) in [7, 11) is 2.43. The Morgan fingerprint density at radius 3 is 1.42 bits per heavy atom. The van der Waals surface area contributed by atoms with Gasteiger partial charge in [-0.25, -0.2) is 24.4 Å². The number of carbonyl (C=O) groups is 4. The highest BCUT2D eigenvalue weighted by atomic mass is 79.9. The Labute approximate surface area is 462 Å². The van der Waals surface area contributed by atoms with Crippen LogP contribution >= 0.6 is 62.3 Å². The Balaban J connectivity index is 0.000000232. The zero-order chi connectivity index (χ0) is 53.7. The van der Waals surface area contributed by atoms with Crippen LogP contribution in [0.25, 0.3) is 19.8 Å².